The number of hydrogen-bond acceptors (Lipinski definition) is 5. The van der Waals surface area contributed by atoms with Crippen LogP contribution in [0.3, 0.4) is 0 Å². The van der Waals surface area contributed by atoms with E-state index in [9.17, 15) is 18.0 Å². The van der Waals surface area contributed by atoms with E-state index in [1.165, 1.54) is 17.2 Å². The molecule has 2 aromatic carbocycles. The number of carbonyl (C=O) groups is 1. The molecule has 0 unspecified atom stereocenters. The van der Waals surface area contributed by atoms with E-state index in [1.807, 2.05) is 6.07 Å². The molecule has 6 nitrogen and oxygen atoms in total. The van der Waals surface area contributed by atoms with E-state index in [0.717, 1.165) is 6.07 Å². The standard InChI is InChI=1S/C24H17F3N2O4/c25-24(26,27)14-5-3-7-28-17(14)12-29-18-6-2-1-4-15(18)23(22(29)30)13-33-19-11-21-20(10-16(19)23)31-8-9-32-21/h1-7,10-11H,8-9,12-13H2/t23-/m1/s1. The van der Waals surface area contributed by atoms with Crippen molar-refractivity contribution in [2.45, 2.75) is 18.1 Å². The molecule has 3 aromatic rings. The summed E-state index contributed by atoms with van der Waals surface area (Å²) in [4.78, 5) is 19.3. The van der Waals surface area contributed by atoms with Crippen LogP contribution in [0.2, 0.25) is 0 Å². The molecule has 0 aliphatic carbocycles. The van der Waals surface area contributed by atoms with Crippen LogP contribution in [0, 0.1) is 0 Å². The second-order valence-electron chi connectivity index (χ2n) is 8.09. The Labute approximate surface area is 186 Å². The maximum absolute atomic E-state index is 13.9. The summed E-state index contributed by atoms with van der Waals surface area (Å²) in [6, 6.07) is 12.8. The van der Waals surface area contributed by atoms with Crippen LogP contribution in [0.4, 0.5) is 18.9 Å². The molecule has 1 atom stereocenters. The highest BCUT2D eigenvalue weighted by atomic mass is 19.4. The number of amides is 1. The summed E-state index contributed by atoms with van der Waals surface area (Å²) in [5, 5.41) is 0. The van der Waals surface area contributed by atoms with Crippen molar-refractivity contribution in [3.05, 3.63) is 77.1 Å². The van der Waals surface area contributed by atoms with Crippen LogP contribution in [0.1, 0.15) is 22.4 Å². The number of anilines is 1. The fourth-order valence-corrected chi connectivity index (χ4v) is 4.84. The third-order valence-corrected chi connectivity index (χ3v) is 6.32. The highest BCUT2D eigenvalue weighted by molar-refractivity contribution is 6.11. The Balaban J connectivity index is 1.48. The predicted octanol–water partition coefficient (Wildman–Crippen LogP) is 4.10. The fraction of sp³-hybridized carbons (Fsp3) is 0.250. The topological polar surface area (TPSA) is 60.9 Å². The number of rotatable bonds is 2. The molecule has 0 saturated carbocycles. The molecule has 33 heavy (non-hydrogen) atoms. The number of fused-ring (bicyclic) bond motifs is 5. The van der Waals surface area contributed by atoms with E-state index in [4.69, 9.17) is 14.2 Å². The van der Waals surface area contributed by atoms with Gasteiger partial charge >= 0.3 is 6.18 Å². The normalized spacial score (nSPS) is 20.6. The summed E-state index contributed by atoms with van der Waals surface area (Å²) in [6.07, 6.45) is -3.28. The van der Waals surface area contributed by atoms with Crippen LogP contribution < -0.4 is 19.1 Å². The zero-order chi connectivity index (χ0) is 22.8. The van der Waals surface area contributed by atoms with Gasteiger partial charge in [0.15, 0.2) is 11.5 Å². The lowest BCUT2D eigenvalue weighted by Crippen LogP contribution is -2.42. The average molecular weight is 454 g/mol. The van der Waals surface area contributed by atoms with Gasteiger partial charge in [0.1, 0.15) is 31.0 Å². The van der Waals surface area contributed by atoms with E-state index in [-0.39, 0.29) is 24.8 Å². The van der Waals surface area contributed by atoms with E-state index in [1.54, 1.807) is 30.3 Å². The SMILES string of the molecule is O=C1N(Cc2ncccc2C(F)(F)F)c2ccccc2[C@@]12COc1cc3c(cc12)OCCO3. The van der Waals surface area contributed by atoms with Crippen molar-refractivity contribution >= 4 is 11.6 Å². The molecular formula is C24H17F3N2O4. The maximum Gasteiger partial charge on any atom is 0.418 e. The number of halogens is 3. The second-order valence-corrected chi connectivity index (χ2v) is 8.09. The quantitative estimate of drug-likeness (QED) is 0.584. The number of para-hydroxylation sites is 1. The van der Waals surface area contributed by atoms with Crippen LogP contribution in [0.25, 0.3) is 0 Å². The lowest BCUT2D eigenvalue weighted by atomic mass is 9.77. The van der Waals surface area contributed by atoms with Gasteiger partial charge in [-0.05, 0) is 29.8 Å². The smallest absolute Gasteiger partial charge is 0.418 e. The second kappa shape index (κ2) is 6.87. The van der Waals surface area contributed by atoms with Crippen molar-refractivity contribution in [3.8, 4) is 17.2 Å². The zero-order valence-corrected chi connectivity index (χ0v) is 17.2. The number of ether oxygens (including phenoxy) is 3. The van der Waals surface area contributed by atoms with Gasteiger partial charge in [-0.3, -0.25) is 9.78 Å². The molecule has 1 amide bonds. The lowest BCUT2D eigenvalue weighted by Gasteiger charge is -2.25. The van der Waals surface area contributed by atoms with Crippen LogP contribution in [0.15, 0.2) is 54.7 Å². The van der Waals surface area contributed by atoms with Crippen molar-refractivity contribution in [1.82, 2.24) is 4.98 Å². The van der Waals surface area contributed by atoms with Crippen molar-refractivity contribution in [2.75, 3.05) is 24.7 Å². The number of carbonyl (C=O) groups excluding carboxylic acids is 1. The molecule has 9 heteroatoms. The van der Waals surface area contributed by atoms with Gasteiger partial charge < -0.3 is 19.1 Å². The molecule has 0 N–H and O–H groups in total. The van der Waals surface area contributed by atoms with Gasteiger partial charge in [0.2, 0.25) is 5.91 Å². The molecule has 0 fully saturated rings. The largest absolute Gasteiger partial charge is 0.491 e. The Morgan fingerprint density at radius 3 is 2.48 bits per heavy atom. The van der Waals surface area contributed by atoms with E-state index >= 15 is 0 Å². The molecule has 168 valence electrons. The molecule has 4 heterocycles. The molecule has 1 spiro atoms. The minimum atomic E-state index is -4.58. The van der Waals surface area contributed by atoms with E-state index in [0.29, 0.717) is 47.3 Å². The third kappa shape index (κ3) is 2.81. The van der Waals surface area contributed by atoms with Gasteiger partial charge in [0.05, 0.1) is 17.8 Å². The first-order valence-corrected chi connectivity index (χ1v) is 10.4. The number of alkyl halides is 3. The Morgan fingerprint density at radius 2 is 1.70 bits per heavy atom. The summed E-state index contributed by atoms with van der Waals surface area (Å²) < 4.78 is 58.0. The highest BCUT2D eigenvalue weighted by Crippen LogP contribution is 2.55. The maximum atomic E-state index is 13.9. The molecule has 1 aromatic heterocycles. The molecular weight excluding hydrogens is 437 g/mol. The molecule has 3 aliphatic heterocycles. The van der Waals surface area contributed by atoms with Gasteiger partial charge in [0.25, 0.3) is 0 Å². The summed E-state index contributed by atoms with van der Waals surface area (Å²) in [5.41, 5.74) is -0.439. The Morgan fingerprint density at radius 1 is 0.939 bits per heavy atom. The van der Waals surface area contributed by atoms with Crippen molar-refractivity contribution < 1.29 is 32.2 Å². The van der Waals surface area contributed by atoms with Crippen LogP contribution in [-0.4, -0.2) is 30.7 Å². The summed E-state index contributed by atoms with van der Waals surface area (Å²) in [7, 11) is 0. The summed E-state index contributed by atoms with van der Waals surface area (Å²) in [5.74, 6) is 1.18. The predicted molar refractivity (Wildman–Crippen MR) is 111 cm³/mol. The first-order valence-electron chi connectivity index (χ1n) is 10.4. The van der Waals surface area contributed by atoms with Gasteiger partial charge in [0, 0.05) is 23.5 Å². The number of benzene rings is 2. The molecule has 0 radical (unpaired) electrons. The van der Waals surface area contributed by atoms with Gasteiger partial charge in [-0.15, -0.1) is 0 Å². The minimum Gasteiger partial charge on any atom is -0.491 e. The van der Waals surface area contributed by atoms with Crippen molar-refractivity contribution in [3.63, 3.8) is 0 Å². The first-order chi connectivity index (χ1) is 15.9. The molecule has 0 saturated heterocycles. The number of pyridine rings is 1. The lowest BCUT2D eigenvalue weighted by molar-refractivity contribution is -0.138. The average Bonchev–Trinajstić information content (AvgIpc) is 3.29. The van der Waals surface area contributed by atoms with Gasteiger partial charge in [-0.2, -0.15) is 13.2 Å². The van der Waals surface area contributed by atoms with Crippen molar-refractivity contribution in [2.24, 2.45) is 0 Å². The van der Waals surface area contributed by atoms with Crippen LogP contribution >= 0.6 is 0 Å². The summed E-state index contributed by atoms with van der Waals surface area (Å²) in [6.45, 7) is 0.521. The molecule has 0 bridgehead atoms. The van der Waals surface area contributed by atoms with E-state index in [2.05, 4.69) is 4.98 Å². The number of nitrogens with zero attached hydrogens (tertiary/aromatic N) is 2. The van der Waals surface area contributed by atoms with Crippen LogP contribution in [0.5, 0.6) is 17.2 Å². The van der Waals surface area contributed by atoms with Gasteiger partial charge in [-0.1, -0.05) is 18.2 Å². The van der Waals surface area contributed by atoms with E-state index < -0.39 is 17.2 Å². The van der Waals surface area contributed by atoms with Crippen LogP contribution in [-0.2, 0) is 22.9 Å². The minimum absolute atomic E-state index is 0.0337. The Kier molecular flexibility index (Phi) is 4.14. The number of aromatic nitrogens is 1. The Bertz CT molecular complexity index is 1290. The fourth-order valence-electron chi connectivity index (χ4n) is 4.84. The Hall–Kier alpha value is -3.75. The monoisotopic (exact) mass is 454 g/mol. The van der Waals surface area contributed by atoms with Crippen molar-refractivity contribution in [1.29, 1.82) is 0 Å². The zero-order valence-electron chi connectivity index (χ0n) is 17.2. The first kappa shape index (κ1) is 19.9. The third-order valence-electron chi connectivity index (χ3n) is 6.32. The highest BCUT2D eigenvalue weighted by Gasteiger charge is 2.57. The molecule has 3 aliphatic rings. The van der Waals surface area contributed by atoms with Gasteiger partial charge in [-0.25, -0.2) is 0 Å². The summed E-state index contributed by atoms with van der Waals surface area (Å²) >= 11 is 0. The number of hydrogen-bond donors (Lipinski definition) is 0. The molecule has 6 rings (SSSR count).